The maximum absolute atomic E-state index is 13.4. The average Bonchev–Trinajstić information content (AvgIpc) is 2.85. The predicted octanol–water partition coefficient (Wildman–Crippen LogP) is 5.47. The van der Waals surface area contributed by atoms with Crippen LogP contribution in [0.1, 0.15) is 55.5 Å². The zero-order valence-corrected chi connectivity index (χ0v) is 13.5. The second-order valence-electron chi connectivity index (χ2n) is 6.00. The van der Waals surface area contributed by atoms with E-state index in [-0.39, 0.29) is 18.4 Å². The van der Waals surface area contributed by atoms with Gasteiger partial charge in [-0.2, -0.15) is 13.2 Å². The van der Waals surface area contributed by atoms with Gasteiger partial charge in [-0.15, -0.1) is 11.3 Å². The van der Waals surface area contributed by atoms with Gasteiger partial charge in [0.2, 0.25) is 0 Å². The fourth-order valence-corrected chi connectivity index (χ4v) is 4.48. The fraction of sp³-hybridized carbons (Fsp3) is 0.750. The van der Waals surface area contributed by atoms with Gasteiger partial charge in [-0.3, -0.25) is 0 Å². The van der Waals surface area contributed by atoms with Gasteiger partial charge in [-0.25, -0.2) is 0 Å². The predicted molar refractivity (Wildman–Crippen MR) is 81.6 cm³/mol. The molecule has 1 aliphatic carbocycles. The molecule has 120 valence electrons. The molecule has 0 amide bonds. The highest BCUT2D eigenvalue weighted by Gasteiger charge is 2.48. The van der Waals surface area contributed by atoms with Gasteiger partial charge in [0.25, 0.3) is 0 Å². The van der Waals surface area contributed by atoms with Crippen molar-refractivity contribution in [3.05, 3.63) is 21.9 Å². The van der Waals surface area contributed by atoms with Crippen molar-refractivity contribution < 1.29 is 13.2 Å². The summed E-state index contributed by atoms with van der Waals surface area (Å²) in [5.74, 6) is -1.50. The lowest BCUT2D eigenvalue weighted by molar-refractivity contribution is -0.199. The summed E-state index contributed by atoms with van der Waals surface area (Å²) in [6.45, 7) is 4.81. The molecule has 0 saturated heterocycles. The molecule has 1 aromatic heterocycles. The van der Waals surface area contributed by atoms with Gasteiger partial charge < -0.3 is 5.32 Å². The van der Waals surface area contributed by atoms with E-state index in [9.17, 15) is 13.2 Å². The molecule has 1 aromatic rings. The third-order valence-electron chi connectivity index (χ3n) is 4.47. The Hall–Kier alpha value is -0.550. The van der Waals surface area contributed by atoms with Crippen molar-refractivity contribution in [2.45, 2.75) is 58.2 Å². The number of aryl methyl sites for hydroxylation is 1. The monoisotopic (exact) mass is 319 g/mol. The van der Waals surface area contributed by atoms with Gasteiger partial charge >= 0.3 is 6.18 Å². The van der Waals surface area contributed by atoms with E-state index in [0.717, 1.165) is 29.8 Å². The lowest BCUT2D eigenvalue weighted by atomic mass is 9.74. The fourth-order valence-electron chi connectivity index (χ4n) is 3.41. The highest BCUT2D eigenvalue weighted by molar-refractivity contribution is 7.10. The van der Waals surface area contributed by atoms with Crippen molar-refractivity contribution >= 4 is 11.3 Å². The van der Waals surface area contributed by atoms with E-state index >= 15 is 0 Å². The summed E-state index contributed by atoms with van der Waals surface area (Å²) in [4.78, 5) is 1.09. The van der Waals surface area contributed by atoms with Crippen molar-refractivity contribution in [2.75, 3.05) is 6.54 Å². The highest BCUT2D eigenvalue weighted by atomic mass is 32.1. The standard InChI is InChI=1S/C16H24F3NS/c1-3-9-20-14(15-11(2)8-10-21-15)12-6-4-5-7-13(12)16(17,18)19/h8,10,12-14,20H,3-7,9H2,1-2H3. The van der Waals surface area contributed by atoms with Crippen molar-refractivity contribution in [1.82, 2.24) is 5.32 Å². The van der Waals surface area contributed by atoms with Crippen LogP contribution < -0.4 is 5.32 Å². The first-order chi connectivity index (χ1) is 9.95. The van der Waals surface area contributed by atoms with E-state index in [4.69, 9.17) is 0 Å². The molecule has 2 rings (SSSR count). The van der Waals surface area contributed by atoms with E-state index in [1.54, 1.807) is 11.3 Å². The maximum atomic E-state index is 13.4. The molecule has 0 bridgehead atoms. The summed E-state index contributed by atoms with van der Waals surface area (Å²) < 4.78 is 40.2. The Morgan fingerprint density at radius 2 is 2.05 bits per heavy atom. The van der Waals surface area contributed by atoms with Crippen molar-refractivity contribution in [3.63, 3.8) is 0 Å². The molecule has 0 aromatic carbocycles. The highest BCUT2D eigenvalue weighted by Crippen LogP contribution is 2.47. The molecule has 1 heterocycles. The maximum Gasteiger partial charge on any atom is 0.392 e. The van der Waals surface area contributed by atoms with Crippen LogP contribution in [0.4, 0.5) is 13.2 Å². The largest absolute Gasteiger partial charge is 0.392 e. The second-order valence-corrected chi connectivity index (χ2v) is 6.94. The molecule has 0 spiro atoms. The number of alkyl halides is 3. The normalized spacial score (nSPS) is 25.0. The van der Waals surface area contributed by atoms with Crippen LogP contribution in [0.15, 0.2) is 11.4 Å². The average molecular weight is 319 g/mol. The van der Waals surface area contributed by atoms with Gasteiger partial charge in [0.1, 0.15) is 0 Å². The summed E-state index contributed by atoms with van der Waals surface area (Å²) in [5.41, 5.74) is 1.11. The van der Waals surface area contributed by atoms with Gasteiger partial charge in [0.05, 0.1) is 5.92 Å². The van der Waals surface area contributed by atoms with Crippen molar-refractivity contribution in [1.29, 1.82) is 0 Å². The van der Waals surface area contributed by atoms with E-state index in [1.807, 2.05) is 25.3 Å². The molecule has 1 fully saturated rings. The number of hydrogen-bond donors (Lipinski definition) is 1. The SMILES string of the molecule is CCCNC(c1sccc1C)C1CCCCC1C(F)(F)F. The Kier molecular flexibility index (Phi) is 5.72. The molecular weight excluding hydrogens is 295 g/mol. The minimum absolute atomic E-state index is 0.156. The Balaban J connectivity index is 2.27. The molecule has 1 N–H and O–H groups in total. The quantitative estimate of drug-likeness (QED) is 0.759. The number of halogens is 3. The van der Waals surface area contributed by atoms with Gasteiger partial charge in [0.15, 0.2) is 0 Å². The lowest BCUT2D eigenvalue weighted by Crippen LogP contribution is -2.41. The van der Waals surface area contributed by atoms with Crippen LogP contribution >= 0.6 is 11.3 Å². The van der Waals surface area contributed by atoms with Crippen LogP contribution in [0.3, 0.4) is 0 Å². The van der Waals surface area contributed by atoms with Crippen LogP contribution in [0.5, 0.6) is 0 Å². The number of thiophene rings is 1. The molecule has 0 aliphatic heterocycles. The van der Waals surface area contributed by atoms with Gasteiger partial charge in [0, 0.05) is 10.9 Å². The summed E-state index contributed by atoms with van der Waals surface area (Å²) >= 11 is 1.58. The van der Waals surface area contributed by atoms with E-state index in [1.165, 1.54) is 0 Å². The van der Waals surface area contributed by atoms with Crippen molar-refractivity contribution in [2.24, 2.45) is 11.8 Å². The molecule has 1 nitrogen and oxygen atoms in total. The van der Waals surface area contributed by atoms with Crippen LogP contribution in [-0.4, -0.2) is 12.7 Å². The summed E-state index contributed by atoms with van der Waals surface area (Å²) in [7, 11) is 0. The minimum Gasteiger partial charge on any atom is -0.309 e. The van der Waals surface area contributed by atoms with E-state index in [0.29, 0.717) is 12.8 Å². The van der Waals surface area contributed by atoms with Crippen LogP contribution in [0.25, 0.3) is 0 Å². The van der Waals surface area contributed by atoms with E-state index in [2.05, 4.69) is 5.32 Å². The Bertz CT molecular complexity index is 441. The Labute approximate surface area is 128 Å². The summed E-state index contributed by atoms with van der Waals surface area (Å²) in [5, 5.41) is 5.38. The molecule has 3 atom stereocenters. The smallest absolute Gasteiger partial charge is 0.309 e. The number of hydrogen-bond acceptors (Lipinski definition) is 2. The third kappa shape index (κ3) is 4.01. The number of rotatable bonds is 5. The molecule has 5 heteroatoms. The second kappa shape index (κ2) is 7.14. The summed E-state index contributed by atoms with van der Waals surface area (Å²) in [6, 6.07) is 1.85. The minimum atomic E-state index is -4.08. The first kappa shape index (κ1) is 16.8. The molecular formula is C16H24F3NS. The zero-order valence-electron chi connectivity index (χ0n) is 12.7. The first-order valence-corrected chi connectivity index (χ1v) is 8.67. The van der Waals surface area contributed by atoms with Gasteiger partial charge in [-0.1, -0.05) is 19.8 Å². The third-order valence-corrected chi connectivity index (χ3v) is 5.57. The molecule has 3 unspecified atom stereocenters. The topological polar surface area (TPSA) is 12.0 Å². The van der Waals surface area contributed by atoms with Crippen LogP contribution in [-0.2, 0) is 0 Å². The van der Waals surface area contributed by atoms with Crippen molar-refractivity contribution in [3.8, 4) is 0 Å². The van der Waals surface area contributed by atoms with Crippen LogP contribution in [0, 0.1) is 18.8 Å². The lowest BCUT2D eigenvalue weighted by Gasteiger charge is -2.38. The van der Waals surface area contributed by atoms with Gasteiger partial charge in [-0.05, 0) is 55.7 Å². The molecule has 1 aliphatic rings. The van der Waals surface area contributed by atoms with Crippen LogP contribution in [0.2, 0.25) is 0 Å². The van der Waals surface area contributed by atoms with E-state index < -0.39 is 12.1 Å². The Morgan fingerprint density at radius 3 is 2.62 bits per heavy atom. The Morgan fingerprint density at radius 1 is 1.33 bits per heavy atom. The zero-order chi connectivity index (χ0) is 15.5. The summed E-state index contributed by atoms with van der Waals surface area (Å²) in [6.07, 6.45) is -0.588. The molecule has 0 radical (unpaired) electrons. The molecule has 1 saturated carbocycles. The number of nitrogens with one attached hydrogen (secondary N) is 1. The first-order valence-electron chi connectivity index (χ1n) is 7.79. The molecule has 21 heavy (non-hydrogen) atoms.